The maximum absolute atomic E-state index is 10.6. The number of unbranched alkanes of at least 4 members (excludes halogenated alkanes) is 6. The number of hydrogen-bond donors (Lipinski definition) is 0. The number of para-hydroxylation sites is 1. The Morgan fingerprint density at radius 3 is 2.10 bits per heavy atom. The molecular weight excluding hydrogens is 305 g/mol. The first-order valence-corrected chi connectivity index (χ1v) is 8.24. The van der Waals surface area contributed by atoms with Gasteiger partial charge in [-0.2, -0.15) is 0 Å². The van der Waals surface area contributed by atoms with Crippen LogP contribution < -0.4 is 73.4 Å². The first-order valence-electron chi connectivity index (χ1n) is 7.14. The van der Waals surface area contributed by atoms with Crippen molar-refractivity contribution in [3.8, 4) is 5.75 Å². The van der Waals surface area contributed by atoms with Gasteiger partial charge in [-0.25, -0.2) is 0 Å². The van der Waals surface area contributed by atoms with E-state index >= 15 is 0 Å². The number of aryl methyl sites for hydroxylation is 1. The molecule has 0 radical (unpaired) electrons. The molecule has 0 aliphatic rings. The normalized spacial score (nSPS) is 9.90. The Bertz CT molecular complexity index is 351. The van der Waals surface area contributed by atoms with E-state index in [-0.39, 0.29) is 59.1 Å². The van der Waals surface area contributed by atoms with E-state index in [1.165, 1.54) is 38.5 Å². The molecule has 0 atom stereocenters. The van der Waals surface area contributed by atoms with Gasteiger partial charge in [0.1, 0.15) is 5.75 Å². The van der Waals surface area contributed by atoms with Gasteiger partial charge in [0.05, 0.1) is 0 Å². The van der Waals surface area contributed by atoms with Crippen LogP contribution >= 0.6 is 8.60 Å². The summed E-state index contributed by atoms with van der Waals surface area (Å²) in [5, 5.41) is 0. The largest absolute Gasteiger partial charge is 1.00 e. The Kier molecular flexibility index (Phi) is 19.0. The summed E-state index contributed by atoms with van der Waals surface area (Å²) in [6.07, 6.45) is 9.66. The van der Waals surface area contributed by atoms with Crippen molar-refractivity contribution in [2.45, 2.75) is 58.3 Å². The van der Waals surface area contributed by atoms with E-state index in [0.717, 1.165) is 18.4 Å². The molecule has 0 aromatic heterocycles. The molecule has 21 heavy (non-hydrogen) atoms. The fourth-order valence-corrected chi connectivity index (χ4v) is 2.49. The molecule has 0 spiro atoms. The van der Waals surface area contributed by atoms with E-state index in [1.807, 2.05) is 12.1 Å². The van der Waals surface area contributed by atoms with Crippen LogP contribution in [0.1, 0.15) is 57.4 Å². The minimum atomic E-state index is -2.82. The maximum Gasteiger partial charge on any atom is 1.00 e. The zero-order valence-corrected chi connectivity index (χ0v) is 18.5. The smallest absolute Gasteiger partial charge is 0.810 e. The Labute approximate surface area is 174 Å². The molecule has 0 aliphatic heterocycles. The Hall–Kier alpha value is 1.37. The van der Waals surface area contributed by atoms with Crippen LogP contribution in [-0.2, 0) is 6.42 Å². The summed E-state index contributed by atoms with van der Waals surface area (Å²) < 4.78 is 4.81. The molecule has 0 fully saturated rings. The summed E-state index contributed by atoms with van der Waals surface area (Å²) in [5.41, 5.74) is 0.982. The van der Waals surface area contributed by atoms with Crippen LogP contribution in [0, 0.1) is 0 Å². The third kappa shape index (κ3) is 12.5. The van der Waals surface area contributed by atoms with Crippen molar-refractivity contribution in [1.29, 1.82) is 0 Å². The second-order valence-corrected chi connectivity index (χ2v) is 5.42. The van der Waals surface area contributed by atoms with Crippen LogP contribution in [0.25, 0.3) is 0 Å². The molecule has 0 heterocycles. The first-order chi connectivity index (χ1) is 9.24. The third-order valence-corrected chi connectivity index (χ3v) is 3.54. The zero-order chi connectivity index (χ0) is 13.9. The van der Waals surface area contributed by atoms with E-state index in [1.54, 1.807) is 12.1 Å². The van der Waals surface area contributed by atoms with Crippen molar-refractivity contribution in [3.05, 3.63) is 29.8 Å². The second kappa shape index (κ2) is 16.2. The van der Waals surface area contributed by atoms with Gasteiger partial charge in [0.2, 0.25) is 0 Å². The second-order valence-electron chi connectivity index (χ2n) is 4.79. The van der Waals surface area contributed by atoms with E-state index in [4.69, 9.17) is 4.52 Å². The molecule has 3 nitrogen and oxygen atoms in total. The van der Waals surface area contributed by atoms with Gasteiger partial charge in [-0.1, -0.05) is 72.3 Å². The molecule has 0 amide bonds. The predicted molar refractivity (Wildman–Crippen MR) is 75.7 cm³/mol. The third-order valence-electron chi connectivity index (χ3n) is 3.20. The summed E-state index contributed by atoms with van der Waals surface area (Å²) in [4.78, 5) is 21.2. The Morgan fingerprint density at radius 1 is 0.905 bits per heavy atom. The average molecular weight is 328 g/mol. The van der Waals surface area contributed by atoms with Crippen molar-refractivity contribution in [1.82, 2.24) is 0 Å². The topological polar surface area (TPSA) is 55.3 Å². The monoisotopic (exact) mass is 328 g/mol. The van der Waals surface area contributed by atoms with E-state index in [9.17, 15) is 9.79 Å². The van der Waals surface area contributed by atoms with Crippen LogP contribution in [0.2, 0.25) is 0 Å². The summed E-state index contributed by atoms with van der Waals surface area (Å²) in [5.74, 6) is 0.476. The summed E-state index contributed by atoms with van der Waals surface area (Å²) in [7, 11) is -2.82. The van der Waals surface area contributed by atoms with Gasteiger partial charge >= 0.3 is 59.1 Å². The van der Waals surface area contributed by atoms with Gasteiger partial charge in [-0.05, 0) is 24.5 Å². The number of benzene rings is 1. The standard InChI is InChI=1S/C15H23O3P.2Na/c1-2-3-4-5-6-7-8-11-14-12-9-10-13-15(14)18-19(16)17;;/h9-10,12-13H,2-8,11H2,1H3;;/q-2;2*+1. The van der Waals surface area contributed by atoms with Gasteiger partial charge in [0, 0.05) is 0 Å². The van der Waals surface area contributed by atoms with Crippen molar-refractivity contribution < 1.29 is 73.4 Å². The SMILES string of the molecule is CCCCCCCCCc1ccccc1OP([O-])[O-].[Na+].[Na+]. The molecule has 6 heteroatoms. The van der Waals surface area contributed by atoms with Crippen LogP contribution in [-0.4, -0.2) is 0 Å². The van der Waals surface area contributed by atoms with Gasteiger partial charge in [-0.3, -0.25) is 0 Å². The molecule has 0 saturated heterocycles. The molecule has 0 bridgehead atoms. The quantitative estimate of drug-likeness (QED) is 0.267. The van der Waals surface area contributed by atoms with Gasteiger partial charge in [0.25, 0.3) is 0 Å². The Balaban J connectivity index is 0. The minimum Gasteiger partial charge on any atom is -0.810 e. The van der Waals surface area contributed by atoms with Crippen molar-refractivity contribution >= 4 is 8.60 Å². The molecule has 0 aliphatic carbocycles. The van der Waals surface area contributed by atoms with Crippen molar-refractivity contribution in [2.24, 2.45) is 0 Å². The van der Waals surface area contributed by atoms with E-state index in [2.05, 4.69) is 6.92 Å². The van der Waals surface area contributed by atoms with Crippen LogP contribution in [0.3, 0.4) is 0 Å². The Morgan fingerprint density at radius 2 is 1.48 bits per heavy atom. The van der Waals surface area contributed by atoms with Gasteiger partial charge in [0.15, 0.2) is 0 Å². The van der Waals surface area contributed by atoms with Gasteiger partial charge < -0.3 is 14.3 Å². The van der Waals surface area contributed by atoms with E-state index < -0.39 is 8.60 Å². The molecule has 0 unspecified atom stereocenters. The molecule has 1 rings (SSSR count). The number of rotatable bonds is 10. The molecule has 0 N–H and O–H groups in total. The first kappa shape index (κ1) is 24.6. The zero-order valence-electron chi connectivity index (χ0n) is 13.6. The fourth-order valence-electron chi connectivity index (χ4n) is 2.15. The maximum atomic E-state index is 10.6. The minimum absolute atomic E-state index is 0. The van der Waals surface area contributed by atoms with Gasteiger partial charge in [-0.15, -0.1) is 0 Å². The molecule has 1 aromatic rings. The van der Waals surface area contributed by atoms with Crippen LogP contribution in [0.4, 0.5) is 0 Å². The number of hydrogen-bond acceptors (Lipinski definition) is 3. The van der Waals surface area contributed by atoms with Crippen LogP contribution in [0.15, 0.2) is 24.3 Å². The van der Waals surface area contributed by atoms with Crippen molar-refractivity contribution in [2.75, 3.05) is 0 Å². The summed E-state index contributed by atoms with van der Waals surface area (Å²) >= 11 is 0. The average Bonchev–Trinajstić information content (AvgIpc) is 2.39. The predicted octanol–water partition coefficient (Wildman–Crippen LogP) is -2.69. The van der Waals surface area contributed by atoms with Crippen molar-refractivity contribution in [3.63, 3.8) is 0 Å². The molecule has 1 aromatic carbocycles. The molecule has 0 saturated carbocycles. The fraction of sp³-hybridized carbons (Fsp3) is 0.600. The van der Waals surface area contributed by atoms with E-state index in [0.29, 0.717) is 5.75 Å². The molecule has 108 valence electrons. The van der Waals surface area contributed by atoms with Crippen LogP contribution in [0.5, 0.6) is 5.75 Å². The molecular formula is C15H23Na2O3P. The summed E-state index contributed by atoms with van der Waals surface area (Å²) in [6, 6.07) is 7.36. The summed E-state index contributed by atoms with van der Waals surface area (Å²) in [6.45, 7) is 2.22.